The van der Waals surface area contributed by atoms with Crippen molar-refractivity contribution < 1.29 is 13.6 Å². The van der Waals surface area contributed by atoms with Gasteiger partial charge in [-0.2, -0.15) is 10.2 Å². The number of rotatable bonds is 4. The highest BCUT2D eigenvalue weighted by molar-refractivity contribution is 5.95. The molecular weight excluding hydrogens is 314 g/mol. The van der Waals surface area contributed by atoms with Gasteiger partial charge in [0.1, 0.15) is 0 Å². The molecule has 1 aromatic heterocycles. The van der Waals surface area contributed by atoms with Crippen LogP contribution in [0, 0.1) is 24.5 Å². The molecule has 0 aliphatic carbocycles. The Bertz CT molecular complexity index is 753. The highest BCUT2D eigenvalue weighted by Gasteiger charge is 2.24. The van der Waals surface area contributed by atoms with E-state index in [9.17, 15) is 13.6 Å². The number of carbonyl (C=O) groups is 1. The minimum absolute atomic E-state index is 0.173. The summed E-state index contributed by atoms with van der Waals surface area (Å²) in [7, 11) is 0. The monoisotopic (exact) mass is 332 g/mol. The Morgan fingerprint density at radius 1 is 1.33 bits per heavy atom. The fraction of sp³-hybridized carbons (Fsp3) is 0.353. The van der Waals surface area contributed by atoms with E-state index in [1.807, 2.05) is 4.90 Å². The van der Waals surface area contributed by atoms with Crippen LogP contribution in [0.25, 0.3) is 0 Å². The molecule has 0 saturated carbocycles. The standard InChI is InChI=1S/C17H18F2N4O/c1-11-14(4-6-21-22-11)17(24)20-9-12-5-7-23(10-12)13-2-3-15(18)16(19)8-13/h2-4,6,8,12H,5,7,9-10H2,1H3,(H,20,24). The SMILES string of the molecule is Cc1nnccc1C(=O)NCC1CCN(c2ccc(F)c(F)c2)C1. The lowest BCUT2D eigenvalue weighted by atomic mass is 10.1. The summed E-state index contributed by atoms with van der Waals surface area (Å²) in [5, 5.41) is 10.5. The second kappa shape index (κ2) is 6.90. The lowest BCUT2D eigenvalue weighted by Crippen LogP contribution is -2.31. The van der Waals surface area contributed by atoms with Gasteiger partial charge in [-0.3, -0.25) is 4.79 Å². The van der Waals surface area contributed by atoms with Gasteiger partial charge in [0.2, 0.25) is 0 Å². The molecule has 1 aromatic carbocycles. The molecule has 1 saturated heterocycles. The van der Waals surface area contributed by atoms with Gasteiger partial charge in [-0.25, -0.2) is 8.78 Å². The number of nitrogens with one attached hydrogen (secondary N) is 1. The maximum Gasteiger partial charge on any atom is 0.253 e. The van der Waals surface area contributed by atoms with Crippen LogP contribution in [0.2, 0.25) is 0 Å². The Balaban J connectivity index is 1.56. The second-order valence-corrected chi connectivity index (χ2v) is 5.94. The third-order valence-corrected chi connectivity index (χ3v) is 4.26. The lowest BCUT2D eigenvalue weighted by molar-refractivity contribution is 0.0947. The zero-order valence-corrected chi connectivity index (χ0v) is 13.3. The van der Waals surface area contributed by atoms with Crippen molar-refractivity contribution in [3.8, 4) is 0 Å². The first-order chi connectivity index (χ1) is 11.5. The molecular formula is C17H18F2N4O. The quantitative estimate of drug-likeness (QED) is 0.933. The molecule has 0 radical (unpaired) electrons. The maximum atomic E-state index is 13.3. The molecule has 2 heterocycles. The van der Waals surface area contributed by atoms with Crippen LogP contribution >= 0.6 is 0 Å². The van der Waals surface area contributed by atoms with E-state index < -0.39 is 11.6 Å². The molecule has 126 valence electrons. The van der Waals surface area contributed by atoms with Crippen LogP contribution in [0.1, 0.15) is 22.5 Å². The largest absolute Gasteiger partial charge is 0.371 e. The van der Waals surface area contributed by atoms with E-state index in [0.717, 1.165) is 19.0 Å². The van der Waals surface area contributed by atoms with Crippen LogP contribution in [0.3, 0.4) is 0 Å². The van der Waals surface area contributed by atoms with Crippen molar-refractivity contribution in [1.29, 1.82) is 0 Å². The number of anilines is 1. The van der Waals surface area contributed by atoms with Crippen molar-refractivity contribution in [2.24, 2.45) is 5.92 Å². The Kier molecular flexibility index (Phi) is 4.69. The fourth-order valence-corrected chi connectivity index (χ4v) is 2.89. The van der Waals surface area contributed by atoms with Gasteiger partial charge in [0.25, 0.3) is 5.91 Å². The topological polar surface area (TPSA) is 58.1 Å². The van der Waals surface area contributed by atoms with Crippen LogP contribution in [-0.4, -0.2) is 35.7 Å². The third kappa shape index (κ3) is 3.50. The van der Waals surface area contributed by atoms with Crippen LogP contribution in [0.5, 0.6) is 0 Å². The second-order valence-electron chi connectivity index (χ2n) is 5.94. The van der Waals surface area contributed by atoms with E-state index in [1.165, 1.54) is 12.3 Å². The minimum Gasteiger partial charge on any atom is -0.371 e. The highest BCUT2D eigenvalue weighted by atomic mass is 19.2. The van der Waals surface area contributed by atoms with E-state index in [2.05, 4.69) is 15.5 Å². The number of hydrogen-bond acceptors (Lipinski definition) is 4. The van der Waals surface area contributed by atoms with E-state index >= 15 is 0 Å². The zero-order valence-electron chi connectivity index (χ0n) is 13.3. The van der Waals surface area contributed by atoms with Crippen LogP contribution in [0.15, 0.2) is 30.5 Å². The summed E-state index contributed by atoms with van der Waals surface area (Å²) in [6.45, 7) is 3.71. The number of carbonyl (C=O) groups excluding carboxylic acids is 1. The normalized spacial score (nSPS) is 17.1. The van der Waals surface area contributed by atoms with Crippen molar-refractivity contribution >= 4 is 11.6 Å². The summed E-state index contributed by atoms with van der Waals surface area (Å²) < 4.78 is 26.4. The number of nitrogens with zero attached hydrogens (tertiary/aromatic N) is 3. The number of aromatic nitrogens is 2. The number of amides is 1. The van der Waals surface area contributed by atoms with E-state index in [1.54, 1.807) is 19.1 Å². The summed E-state index contributed by atoms with van der Waals surface area (Å²) in [5.41, 5.74) is 1.77. The highest BCUT2D eigenvalue weighted by Crippen LogP contribution is 2.25. The molecule has 3 rings (SSSR count). The first-order valence-electron chi connectivity index (χ1n) is 7.81. The molecule has 1 unspecified atom stereocenters. The smallest absolute Gasteiger partial charge is 0.253 e. The zero-order chi connectivity index (χ0) is 17.1. The van der Waals surface area contributed by atoms with Gasteiger partial charge in [-0.15, -0.1) is 0 Å². The van der Waals surface area contributed by atoms with Gasteiger partial charge in [0, 0.05) is 31.4 Å². The van der Waals surface area contributed by atoms with Crippen LogP contribution in [-0.2, 0) is 0 Å². The summed E-state index contributed by atoms with van der Waals surface area (Å²) in [6.07, 6.45) is 2.37. The number of aryl methyl sites for hydroxylation is 1. The van der Waals surface area contributed by atoms with Gasteiger partial charge < -0.3 is 10.2 Å². The van der Waals surface area contributed by atoms with Crippen LogP contribution in [0.4, 0.5) is 14.5 Å². The Morgan fingerprint density at radius 3 is 2.92 bits per heavy atom. The Morgan fingerprint density at radius 2 is 2.17 bits per heavy atom. The van der Waals surface area contributed by atoms with Gasteiger partial charge in [-0.1, -0.05) is 0 Å². The first kappa shape index (κ1) is 16.3. The van der Waals surface area contributed by atoms with Crippen LogP contribution < -0.4 is 10.2 Å². The van der Waals surface area contributed by atoms with Gasteiger partial charge in [-0.05, 0) is 37.5 Å². The lowest BCUT2D eigenvalue weighted by Gasteiger charge is -2.19. The van der Waals surface area contributed by atoms with Gasteiger partial charge in [0.05, 0.1) is 17.5 Å². The van der Waals surface area contributed by atoms with Crippen molar-refractivity contribution in [3.05, 3.63) is 53.4 Å². The van der Waals surface area contributed by atoms with Crippen molar-refractivity contribution in [1.82, 2.24) is 15.5 Å². The predicted octanol–water partition coefficient (Wildman–Crippen LogP) is 2.32. The molecule has 7 heteroatoms. The number of halogens is 2. The summed E-state index contributed by atoms with van der Waals surface area (Å²) in [4.78, 5) is 14.2. The summed E-state index contributed by atoms with van der Waals surface area (Å²) >= 11 is 0. The number of benzene rings is 1. The fourth-order valence-electron chi connectivity index (χ4n) is 2.89. The average molecular weight is 332 g/mol. The molecule has 5 nitrogen and oxygen atoms in total. The van der Waals surface area contributed by atoms with Gasteiger partial charge >= 0.3 is 0 Å². The van der Waals surface area contributed by atoms with E-state index in [4.69, 9.17) is 0 Å². The van der Waals surface area contributed by atoms with E-state index in [0.29, 0.717) is 30.0 Å². The third-order valence-electron chi connectivity index (χ3n) is 4.26. The van der Waals surface area contributed by atoms with Crippen molar-refractivity contribution in [3.63, 3.8) is 0 Å². The summed E-state index contributed by atoms with van der Waals surface area (Å²) in [5.74, 6) is -1.60. The van der Waals surface area contributed by atoms with E-state index in [-0.39, 0.29) is 11.8 Å². The Labute approximate surface area is 138 Å². The molecule has 0 bridgehead atoms. The molecule has 1 atom stereocenters. The predicted molar refractivity (Wildman–Crippen MR) is 85.8 cm³/mol. The van der Waals surface area contributed by atoms with Crippen molar-refractivity contribution in [2.75, 3.05) is 24.5 Å². The van der Waals surface area contributed by atoms with Crippen molar-refractivity contribution in [2.45, 2.75) is 13.3 Å². The molecule has 1 N–H and O–H groups in total. The minimum atomic E-state index is -0.844. The molecule has 2 aromatic rings. The first-order valence-corrected chi connectivity index (χ1v) is 7.81. The maximum absolute atomic E-state index is 13.3. The number of hydrogen-bond donors (Lipinski definition) is 1. The average Bonchev–Trinajstić information content (AvgIpc) is 3.04. The molecule has 1 aliphatic heterocycles. The summed E-state index contributed by atoms with van der Waals surface area (Å²) in [6, 6.07) is 5.56. The molecule has 24 heavy (non-hydrogen) atoms. The Hall–Kier alpha value is -2.57. The van der Waals surface area contributed by atoms with Gasteiger partial charge in [0.15, 0.2) is 11.6 Å². The molecule has 1 aliphatic rings. The molecule has 1 fully saturated rings. The molecule has 1 amide bonds. The molecule has 0 spiro atoms.